The van der Waals surface area contributed by atoms with Crippen LogP contribution in [-0.2, 0) is 10.2 Å². The fourth-order valence-electron chi connectivity index (χ4n) is 5.57. The Balaban J connectivity index is 1.31. The van der Waals surface area contributed by atoms with Crippen LogP contribution in [0.15, 0.2) is 48.5 Å². The molecule has 0 radical (unpaired) electrons. The van der Waals surface area contributed by atoms with Gasteiger partial charge in [0.15, 0.2) is 0 Å². The van der Waals surface area contributed by atoms with Crippen LogP contribution in [0.4, 0.5) is 5.69 Å². The highest BCUT2D eigenvalue weighted by molar-refractivity contribution is 5.99. The lowest BCUT2D eigenvalue weighted by Gasteiger charge is -2.36. The summed E-state index contributed by atoms with van der Waals surface area (Å²) in [6, 6.07) is 15.8. The van der Waals surface area contributed by atoms with Crippen molar-refractivity contribution in [3.63, 3.8) is 0 Å². The van der Waals surface area contributed by atoms with Crippen LogP contribution in [0.5, 0.6) is 11.5 Å². The number of benzene rings is 2. The molecule has 1 amide bonds. The summed E-state index contributed by atoms with van der Waals surface area (Å²) in [4.78, 5) is 16.1. The van der Waals surface area contributed by atoms with Gasteiger partial charge in [0.1, 0.15) is 11.5 Å². The first-order chi connectivity index (χ1) is 16.6. The minimum Gasteiger partial charge on any atom is -0.497 e. The number of nitrogens with one attached hydrogen (secondary N) is 1. The number of rotatable bonds is 9. The van der Waals surface area contributed by atoms with E-state index in [-0.39, 0.29) is 5.91 Å². The van der Waals surface area contributed by atoms with E-state index in [4.69, 9.17) is 9.47 Å². The zero-order valence-corrected chi connectivity index (χ0v) is 20.9. The Morgan fingerprint density at radius 2 is 1.71 bits per heavy atom. The molecule has 5 nitrogen and oxygen atoms in total. The highest BCUT2D eigenvalue weighted by Gasteiger charge is 2.41. The maximum atomic E-state index is 13.5. The third kappa shape index (κ3) is 6.12. The summed E-state index contributed by atoms with van der Waals surface area (Å²) in [5.41, 5.74) is 1.41. The van der Waals surface area contributed by atoms with E-state index in [1.54, 1.807) is 7.11 Å². The van der Waals surface area contributed by atoms with Crippen molar-refractivity contribution in [2.45, 2.75) is 63.7 Å². The van der Waals surface area contributed by atoms with Gasteiger partial charge in [-0.05, 0) is 86.5 Å². The number of amides is 1. The van der Waals surface area contributed by atoms with Gasteiger partial charge < -0.3 is 19.7 Å². The van der Waals surface area contributed by atoms with Gasteiger partial charge in [-0.2, -0.15) is 0 Å². The number of anilines is 1. The van der Waals surface area contributed by atoms with Crippen molar-refractivity contribution >= 4 is 11.6 Å². The number of carbonyl (C=O) groups excluding carboxylic acids is 1. The Kier molecular flexibility index (Phi) is 8.49. The number of methoxy groups -OCH3 is 1. The highest BCUT2D eigenvalue weighted by Crippen LogP contribution is 2.41. The zero-order chi connectivity index (χ0) is 23.8. The molecule has 1 saturated heterocycles. The van der Waals surface area contributed by atoms with E-state index in [2.05, 4.69) is 17.1 Å². The number of ether oxygens (including phenoxy) is 2. The second kappa shape index (κ2) is 11.7. The molecule has 0 unspecified atom stereocenters. The first-order valence-electron chi connectivity index (χ1n) is 13.0. The van der Waals surface area contributed by atoms with Gasteiger partial charge >= 0.3 is 0 Å². The minimum absolute atomic E-state index is 0.0850. The molecular weight excluding hydrogens is 424 g/mol. The van der Waals surface area contributed by atoms with Gasteiger partial charge in [0.25, 0.3) is 0 Å². The molecule has 0 bridgehead atoms. The summed E-state index contributed by atoms with van der Waals surface area (Å²) in [5, 5.41) is 3.19. The summed E-state index contributed by atoms with van der Waals surface area (Å²) in [7, 11) is 1.67. The average molecular weight is 465 g/mol. The lowest BCUT2D eigenvalue weighted by Crippen LogP contribution is -2.42. The lowest BCUT2D eigenvalue weighted by atomic mass is 9.68. The van der Waals surface area contributed by atoms with Crippen molar-refractivity contribution in [2.75, 3.05) is 38.7 Å². The summed E-state index contributed by atoms with van der Waals surface area (Å²) in [6.07, 6.45) is 8.80. The van der Waals surface area contributed by atoms with E-state index < -0.39 is 5.41 Å². The molecule has 1 N–H and O–H groups in total. The first-order valence-corrected chi connectivity index (χ1v) is 13.0. The highest BCUT2D eigenvalue weighted by atomic mass is 16.5. The maximum absolute atomic E-state index is 13.5. The van der Waals surface area contributed by atoms with E-state index in [1.807, 2.05) is 48.5 Å². The molecule has 184 valence electrons. The molecule has 2 fully saturated rings. The van der Waals surface area contributed by atoms with E-state index in [0.717, 1.165) is 73.9 Å². The SMILES string of the molecule is COc1ccc(C2(C(=O)Nc3ccc(OCCCN4CCC[C@@H](C)C4)cc3)CCCCC2)cc1. The second-order valence-corrected chi connectivity index (χ2v) is 10.1. The van der Waals surface area contributed by atoms with Gasteiger partial charge in [-0.1, -0.05) is 38.3 Å². The molecule has 1 aliphatic carbocycles. The molecule has 5 heteroatoms. The Morgan fingerprint density at radius 3 is 2.38 bits per heavy atom. The molecule has 4 rings (SSSR count). The van der Waals surface area contributed by atoms with Crippen molar-refractivity contribution < 1.29 is 14.3 Å². The zero-order valence-electron chi connectivity index (χ0n) is 20.9. The molecule has 1 atom stereocenters. The topological polar surface area (TPSA) is 50.8 Å². The van der Waals surface area contributed by atoms with Crippen LogP contribution in [0, 0.1) is 5.92 Å². The monoisotopic (exact) mass is 464 g/mol. The predicted molar refractivity (Wildman–Crippen MR) is 138 cm³/mol. The fraction of sp³-hybridized carbons (Fsp3) is 0.552. The normalized spacial score (nSPS) is 20.5. The second-order valence-electron chi connectivity index (χ2n) is 10.1. The first kappa shape index (κ1) is 24.6. The Morgan fingerprint density at radius 1 is 1.00 bits per heavy atom. The molecule has 2 aromatic rings. The Hall–Kier alpha value is -2.53. The van der Waals surface area contributed by atoms with E-state index >= 15 is 0 Å². The summed E-state index contributed by atoms with van der Waals surface area (Å²) in [6.45, 7) is 6.60. The van der Waals surface area contributed by atoms with Crippen LogP contribution in [-0.4, -0.2) is 44.2 Å². The summed E-state index contributed by atoms with van der Waals surface area (Å²) in [5.74, 6) is 2.57. The van der Waals surface area contributed by atoms with E-state index in [1.165, 1.54) is 32.4 Å². The largest absolute Gasteiger partial charge is 0.497 e. The van der Waals surface area contributed by atoms with E-state index in [0.29, 0.717) is 0 Å². The summed E-state index contributed by atoms with van der Waals surface area (Å²) < 4.78 is 11.3. The molecule has 2 aliphatic rings. The van der Waals surface area contributed by atoms with Crippen LogP contribution >= 0.6 is 0 Å². The number of hydrogen-bond acceptors (Lipinski definition) is 4. The fourth-order valence-corrected chi connectivity index (χ4v) is 5.57. The summed E-state index contributed by atoms with van der Waals surface area (Å²) >= 11 is 0. The Bertz CT molecular complexity index is 904. The number of nitrogens with zero attached hydrogens (tertiary/aromatic N) is 1. The van der Waals surface area contributed by atoms with Crippen LogP contribution < -0.4 is 14.8 Å². The Labute approximate surface area is 204 Å². The van der Waals surface area contributed by atoms with Gasteiger partial charge in [0, 0.05) is 18.8 Å². The van der Waals surface area contributed by atoms with Crippen molar-refractivity contribution in [2.24, 2.45) is 5.92 Å². The maximum Gasteiger partial charge on any atom is 0.235 e. The third-order valence-corrected chi connectivity index (χ3v) is 7.53. The molecule has 0 spiro atoms. The minimum atomic E-state index is -0.481. The average Bonchev–Trinajstić information content (AvgIpc) is 2.88. The standard InChI is InChI=1S/C29H40N2O3/c1-23-8-6-19-31(22-23)20-7-21-34-27-15-11-25(12-16-27)30-28(32)29(17-4-3-5-18-29)24-9-13-26(33-2)14-10-24/h9-16,23H,3-8,17-22H2,1-2H3,(H,30,32)/t23-/m1/s1. The van der Waals surface area contributed by atoms with Crippen molar-refractivity contribution in [1.82, 2.24) is 4.90 Å². The molecule has 1 saturated carbocycles. The number of likely N-dealkylation sites (tertiary alicyclic amines) is 1. The molecule has 1 heterocycles. The molecular formula is C29H40N2O3. The van der Waals surface area contributed by atoms with Gasteiger partial charge in [-0.25, -0.2) is 0 Å². The molecule has 1 aliphatic heterocycles. The van der Waals surface area contributed by atoms with Crippen molar-refractivity contribution in [1.29, 1.82) is 0 Å². The lowest BCUT2D eigenvalue weighted by molar-refractivity contribution is -0.122. The predicted octanol–water partition coefficient (Wildman–Crippen LogP) is 6.04. The molecule has 0 aromatic heterocycles. The number of piperidine rings is 1. The quantitative estimate of drug-likeness (QED) is 0.460. The van der Waals surface area contributed by atoms with Crippen molar-refractivity contribution in [3.8, 4) is 11.5 Å². The molecule has 34 heavy (non-hydrogen) atoms. The number of hydrogen-bond donors (Lipinski definition) is 1. The van der Waals surface area contributed by atoms with Gasteiger partial charge in [0.2, 0.25) is 5.91 Å². The van der Waals surface area contributed by atoms with Gasteiger partial charge in [-0.15, -0.1) is 0 Å². The van der Waals surface area contributed by atoms with Gasteiger partial charge in [-0.3, -0.25) is 4.79 Å². The van der Waals surface area contributed by atoms with Gasteiger partial charge in [0.05, 0.1) is 19.1 Å². The smallest absolute Gasteiger partial charge is 0.235 e. The van der Waals surface area contributed by atoms with Crippen molar-refractivity contribution in [3.05, 3.63) is 54.1 Å². The van der Waals surface area contributed by atoms with E-state index in [9.17, 15) is 4.79 Å². The number of carbonyl (C=O) groups is 1. The molecule has 2 aromatic carbocycles. The van der Waals surface area contributed by atoms with Crippen LogP contribution in [0.25, 0.3) is 0 Å². The third-order valence-electron chi connectivity index (χ3n) is 7.53. The van der Waals surface area contributed by atoms with Crippen LogP contribution in [0.3, 0.4) is 0 Å². The van der Waals surface area contributed by atoms with Crippen LogP contribution in [0.2, 0.25) is 0 Å². The van der Waals surface area contributed by atoms with Crippen LogP contribution in [0.1, 0.15) is 63.9 Å².